The summed E-state index contributed by atoms with van der Waals surface area (Å²) in [6.45, 7) is 17.0. The number of unbranched alkanes of at least 4 members (excludes halogenated alkanes) is 10. The molecule has 0 bridgehead atoms. The maximum atomic E-state index is 7.06. The van der Waals surface area contributed by atoms with E-state index in [1.165, 1.54) is 129 Å². The van der Waals surface area contributed by atoms with Crippen molar-refractivity contribution in [3.63, 3.8) is 0 Å². The summed E-state index contributed by atoms with van der Waals surface area (Å²) in [5.74, 6) is 3.91. The molecule has 0 heterocycles. The first kappa shape index (κ1) is 45.4. The van der Waals surface area contributed by atoms with E-state index in [1.807, 2.05) is 0 Å². The summed E-state index contributed by atoms with van der Waals surface area (Å²) in [5, 5.41) is 3.81. The number of hydrogen-bond donors (Lipinski definition) is 4. The molecule has 4 aliphatic carbocycles. The second kappa shape index (κ2) is 24.5. The second-order valence-corrected chi connectivity index (χ2v) is 18.9. The highest BCUT2D eigenvalue weighted by atomic mass is 16.5. The van der Waals surface area contributed by atoms with Gasteiger partial charge < -0.3 is 36.7 Å². The Balaban J connectivity index is 1.33. The van der Waals surface area contributed by atoms with Gasteiger partial charge in [-0.2, -0.15) is 0 Å². The molecule has 0 saturated heterocycles. The lowest BCUT2D eigenvalue weighted by atomic mass is 9.43. The van der Waals surface area contributed by atoms with Gasteiger partial charge in [0.05, 0.1) is 18.3 Å². The standard InChI is InChI=1S/C46H90N4O3/c1-5-6-7-8-9-10-11-12-13-14-15-28-50-29-16-20-36(2)39-21-22-40-44-41(35-43(46(39,40)4)53-32-19-27-49)45(3)24-23-38(51-30-17-25-47)33-37(45)34-42(44)52-31-18-26-48/h36-44,50H,5-35,47-49H2,1-4H3/t36-,37+,38-,39?,40+,41+,42-,43+,44+,45+,46-/m1/s1. The third-order valence-electron chi connectivity index (χ3n) is 15.5. The fraction of sp³-hybridized carbons (Fsp3) is 1.00. The summed E-state index contributed by atoms with van der Waals surface area (Å²) in [5.41, 5.74) is 18.3. The Hall–Kier alpha value is -0.280. The number of nitrogens with one attached hydrogen (secondary N) is 1. The van der Waals surface area contributed by atoms with Crippen LogP contribution in [0.15, 0.2) is 0 Å². The van der Waals surface area contributed by atoms with E-state index in [9.17, 15) is 0 Å². The minimum atomic E-state index is 0.180. The van der Waals surface area contributed by atoms with Crippen molar-refractivity contribution in [3.8, 4) is 0 Å². The summed E-state index contributed by atoms with van der Waals surface area (Å²) in [6, 6.07) is 0. The van der Waals surface area contributed by atoms with Crippen LogP contribution in [0.4, 0.5) is 0 Å². The van der Waals surface area contributed by atoms with E-state index < -0.39 is 0 Å². The SMILES string of the molecule is CCCCCCCCCCCCCNCCC[C@@H](C)C1CC[C@H]2[C@@H]3[C@H](OCCCN)C[C@@H]4C[C@H](OCCCN)CC[C@]4(C)[C@H]3C[C@H](OCCCN)[C@]12C. The average Bonchev–Trinajstić information content (AvgIpc) is 3.52. The molecule has 7 nitrogen and oxygen atoms in total. The molecule has 0 aromatic rings. The van der Waals surface area contributed by atoms with Crippen LogP contribution in [0.5, 0.6) is 0 Å². The van der Waals surface area contributed by atoms with Crippen molar-refractivity contribution < 1.29 is 14.2 Å². The van der Waals surface area contributed by atoms with Crippen LogP contribution < -0.4 is 22.5 Å². The lowest BCUT2D eigenvalue weighted by Gasteiger charge is -2.65. The first-order chi connectivity index (χ1) is 25.8. The molecule has 7 N–H and O–H groups in total. The lowest BCUT2D eigenvalue weighted by Crippen LogP contribution is -2.63. The van der Waals surface area contributed by atoms with Crippen LogP contribution in [0.2, 0.25) is 0 Å². The van der Waals surface area contributed by atoms with E-state index in [2.05, 4.69) is 33.0 Å². The first-order valence-electron chi connectivity index (χ1n) is 23.5. The molecule has 53 heavy (non-hydrogen) atoms. The molecule has 4 saturated carbocycles. The molecule has 0 spiro atoms. The van der Waals surface area contributed by atoms with Crippen LogP contribution in [0, 0.1) is 46.3 Å². The van der Waals surface area contributed by atoms with E-state index >= 15 is 0 Å². The van der Waals surface area contributed by atoms with Gasteiger partial charge >= 0.3 is 0 Å². The molecule has 11 atom stereocenters. The topological polar surface area (TPSA) is 118 Å². The molecular formula is C46H90N4O3. The number of nitrogens with two attached hydrogens (primary N) is 3. The Morgan fingerprint density at radius 3 is 1.91 bits per heavy atom. The Morgan fingerprint density at radius 1 is 0.642 bits per heavy atom. The third kappa shape index (κ3) is 12.6. The number of ether oxygens (including phenoxy) is 3. The van der Waals surface area contributed by atoms with Crippen LogP contribution in [0.25, 0.3) is 0 Å². The number of rotatable bonds is 29. The summed E-state index contributed by atoms with van der Waals surface area (Å²) >= 11 is 0. The van der Waals surface area contributed by atoms with Crippen LogP contribution in [0.3, 0.4) is 0 Å². The summed E-state index contributed by atoms with van der Waals surface area (Å²) < 4.78 is 20.4. The second-order valence-electron chi connectivity index (χ2n) is 18.9. The highest BCUT2D eigenvalue weighted by Crippen LogP contribution is 2.69. The van der Waals surface area contributed by atoms with Gasteiger partial charge in [0.2, 0.25) is 0 Å². The highest BCUT2D eigenvalue weighted by molar-refractivity contribution is 5.15. The Labute approximate surface area is 328 Å². The third-order valence-corrected chi connectivity index (χ3v) is 15.5. The highest BCUT2D eigenvalue weighted by Gasteiger charge is 2.66. The fourth-order valence-electron chi connectivity index (χ4n) is 12.4. The number of hydrogen-bond acceptors (Lipinski definition) is 7. The largest absolute Gasteiger partial charge is 0.378 e. The van der Waals surface area contributed by atoms with Crippen molar-refractivity contribution in [2.45, 2.75) is 194 Å². The molecule has 4 aliphatic rings. The Morgan fingerprint density at radius 2 is 1.25 bits per heavy atom. The molecule has 0 aromatic heterocycles. The van der Waals surface area contributed by atoms with Crippen molar-refractivity contribution in [3.05, 3.63) is 0 Å². The molecule has 312 valence electrons. The van der Waals surface area contributed by atoms with Crippen molar-refractivity contribution in [1.29, 1.82) is 0 Å². The minimum absolute atomic E-state index is 0.180. The van der Waals surface area contributed by atoms with Gasteiger partial charge in [0, 0.05) is 25.2 Å². The summed E-state index contributed by atoms with van der Waals surface area (Å²) in [7, 11) is 0. The van der Waals surface area contributed by atoms with Crippen LogP contribution in [0.1, 0.15) is 175 Å². The zero-order valence-electron chi connectivity index (χ0n) is 35.6. The van der Waals surface area contributed by atoms with Crippen LogP contribution in [-0.4, -0.2) is 70.9 Å². The maximum Gasteiger partial charge on any atom is 0.0637 e. The first-order valence-corrected chi connectivity index (χ1v) is 23.5. The summed E-state index contributed by atoms with van der Waals surface area (Å²) in [4.78, 5) is 0. The van der Waals surface area contributed by atoms with Gasteiger partial charge in [-0.3, -0.25) is 0 Å². The van der Waals surface area contributed by atoms with E-state index in [1.54, 1.807) is 0 Å². The van der Waals surface area contributed by atoms with E-state index in [0.29, 0.717) is 78.9 Å². The van der Waals surface area contributed by atoms with Gasteiger partial charge in [-0.15, -0.1) is 0 Å². The minimum Gasteiger partial charge on any atom is -0.378 e. The molecule has 0 amide bonds. The molecular weight excluding hydrogens is 657 g/mol. The Bertz CT molecular complexity index is 956. The van der Waals surface area contributed by atoms with Crippen LogP contribution in [-0.2, 0) is 14.2 Å². The maximum absolute atomic E-state index is 7.06. The molecule has 4 rings (SSSR count). The van der Waals surface area contributed by atoms with Crippen molar-refractivity contribution in [2.75, 3.05) is 52.5 Å². The van der Waals surface area contributed by atoms with E-state index in [-0.39, 0.29) is 5.41 Å². The lowest BCUT2D eigenvalue weighted by molar-refractivity contribution is -0.227. The average molecular weight is 747 g/mol. The van der Waals surface area contributed by atoms with Gasteiger partial charge in [-0.1, -0.05) is 91.9 Å². The van der Waals surface area contributed by atoms with Crippen molar-refractivity contribution >= 4 is 0 Å². The van der Waals surface area contributed by atoms with Crippen molar-refractivity contribution in [1.82, 2.24) is 5.32 Å². The van der Waals surface area contributed by atoms with Crippen LogP contribution >= 0.6 is 0 Å². The molecule has 7 heteroatoms. The van der Waals surface area contributed by atoms with E-state index in [4.69, 9.17) is 31.4 Å². The van der Waals surface area contributed by atoms with Gasteiger partial charge in [0.15, 0.2) is 0 Å². The predicted molar refractivity (Wildman–Crippen MR) is 224 cm³/mol. The molecule has 0 radical (unpaired) electrons. The van der Waals surface area contributed by atoms with Gasteiger partial charge in [0.1, 0.15) is 0 Å². The molecule has 1 unspecified atom stereocenters. The van der Waals surface area contributed by atoms with Gasteiger partial charge in [0.25, 0.3) is 0 Å². The monoisotopic (exact) mass is 747 g/mol. The van der Waals surface area contributed by atoms with E-state index in [0.717, 1.165) is 52.0 Å². The quantitative estimate of drug-likeness (QED) is 0.0564. The Kier molecular flexibility index (Phi) is 21.0. The zero-order valence-corrected chi connectivity index (χ0v) is 35.6. The molecule has 4 fully saturated rings. The van der Waals surface area contributed by atoms with Gasteiger partial charge in [-0.25, -0.2) is 0 Å². The van der Waals surface area contributed by atoms with Crippen molar-refractivity contribution in [2.24, 2.45) is 63.5 Å². The smallest absolute Gasteiger partial charge is 0.0637 e. The predicted octanol–water partition coefficient (Wildman–Crippen LogP) is 9.38. The fourth-order valence-corrected chi connectivity index (χ4v) is 12.4. The summed E-state index contributed by atoms with van der Waals surface area (Å²) in [6.07, 6.45) is 30.5. The molecule has 0 aromatic carbocycles. The zero-order chi connectivity index (χ0) is 37.9. The van der Waals surface area contributed by atoms with Gasteiger partial charge in [-0.05, 0) is 157 Å². The normalized spacial score (nSPS) is 34.5. The molecule has 0 aliphatic heterocycles. The number of fused-ring (bicyclic) bond motifs is 5.